The van der Waals surface area contributed by atoms with Crippen molar-refractivity contribution in [2.45, 2.75) is 25.8 Å². The minimum Gasteiger partial charge on any atom is -0.310 e. The molecule has 2 rings (SSSR count). The highest BCUT2D eigenvalue weighted by Crippen LogP contribution is 2.20. The molecule has 1 aromatic rings. The van der Waals surface area contributed by atoms with E-state index in [0.29, 0.717) is 11.5 Å². The maximum Gasteiger partial charge on any atom is 0.163 e. The van der Waals surface area contributed by atoms with Crippen LogP contribution in [0.4, 0.5) is 8.78 Å². The normalized spacial score (nSPS) is 19.6. The monoisotopic (exact) mass is 268 g/mol. The van der Waals surface area contributed by atoms with Gasteiger partial charge in [-0.2, -0.15) is 0 Å². The number of piperidine rings is 1. The number of halogens is 2. The van der Waals surface area contributed by atoms with Crippen molar-refractivity contribution >= 4 is 0 Å². The Morgan fingerprint density at radius 3 is 2.68 bits per heavy atom. The highest BCUT2D eigenvalue weighted by Gasteiger charge is 2.19. The van der Waals surface area contributed by atoms with Gasteiger partial charge in [0, 0.05) is 11.6 Å². The highest BCUT2D eigenvalue weighted by atomic mass is 19.2. The molecule has 1 saturated heterocycles. The predicted molar refractivity (Wildman–Crippen MR) is 73.0 cm³/mol. The standard InChI is InChI=1S/C15H22F2N2/c1-11(13-4-3-5-14(16)15(13)17)18-10-12-6-8-19(2)9-7-12/h3-5,11-12,18H,6-10H2,1-2H3. The Kier molecular flexibility index (Phi) is 4.88. The fourth-order valence-electron chi connectivity index (χ4n) is 2.57. The third-order valence-corrected chi connectivity index (χ3v) is 4.00. The molecule has 1 aliphatic heterocycles. The molecule has 1 aliphatic rings. The number of nitrogens with zero attached hydrogens (tertiary/aromatic N) is 1. The van der Waals surface area contributed by atoms with Crippen molar-refractivity contribution in [3.8, 4) is 0 Å². The molecule has 1 aromatic carbocycles. The molecule has 0 radical (unpaired) electrons. The molecule has 0 aliphatic carbocycles. The minimum absolute atomic E-state index is 0.157. The summed E-state index contributed by atoms with van der Waals surface area (Å²) in [7, 11) is 2.13. The van der Waals surface area contributed by atoms with E-state index in [1.807, 2.05) is 6.92 Å². The molecule has 1 fully saturated rings. The second kappa shape index (κ2) is 6.44. The fourth-order valence-corrected chi connectivity index (χ4v) is 2.57. The Hall–Kier alpha value is -1.00. The number of likely N-dealkylation sites (tertiary alicyclic amines) is 1. The first-order valence-corrected chi connectivity index (χ1v) is 6.93. The van der Waals surface area contributed by atoms with Crippen LogP contribution in [0.25, 0.3) is 0 Å². The average molecular weight is 268 g/mol. The third kappa shape index (κ3) is 3.74. The zero-order valence-corrected chi connectivity index (χ0v) is 11.6. The first-order chi connectivity index (χ1) is 9.08. The Morgan fingerprint density at radius 1 is 1.32 bits per heavy atom. The van der Waals surface area contributed by atoms with Gasteiger partial charge in [-0.25, -0.2) is 8.78 Å². The average Bonchev–Trinajstić information content (AvgIpc) is 2.41. The van der Waals surface area contributed by atoms with E-state index in [4.69, 9.17) is 0 Å². The SMILES string of the molecule is CC(NCC1CCN(C)CC1)c1cccc(F)c1F. The Labute approximate surface area is 113 Å². The van der Waals surface area contributed by atoms with E-state index < -0.39 is 11.6 Å². The number of hydrogen-bond donors (Lipinski definition) is 1. The summed E-state index contributed by atoms with van der Waals surface area (Å²) < 4.78 is 26.8. The molecule has 0 aromatic heterocycles. The molecule has 106 valence electrons. The molecular weight excluding hydrogens is 246 g/mol. The summed E-state index contributed by atoms with van der Waals surface area (Å²) in [5, 5.41) is 3.33. The molecule has 0 saturated carbocycles. The first-order valence-electron chi connectivity index (χ1n) is 6.93. The summed E-state index contributed by atoms with van der Waals surface area (Å²) in [5.74, 6) is -0.869. The molecule has 1 N–H and O–H groups in total. The summed E-state index contributed by atoms with van der Waals surface area (Å²) in [5.41, 5.74) is 0.410. The van der Waals surface area contributed by atoms with Crippen molar-refractivity contribution < 1.29 is 8.78 Å². The van der Waals surface area contributed by atoms with Crippen LogP contribution in [0, 0.1) is 17.6 Å². The van der Waals surface area contributed by atoms with E-state index in [1.165, 1.54) is 12.8 Å². The lowest BCUT2D eigenvalue weighted by molar-refractivity contribution is 0.213. The second-order valence-corrected chi connectivity index (χ2v) is 5.52. The maximum atomic E-state index is 13.6. The number of nitrogens with one attached hydrogen (secondary N) is 1. The van der Waals surface area contributed by atoms with E-state index >= 15 is 0 Å². The van der Waals surface area contributed by atoms with Crippen LogP contribution in [0.5, 0.6) is 0 Å². The summed E-state index contributed by atoms with van der Waals surface area (Å²) in [4.78, 5) is 2.33. The molecule has 0 spiro atoms. The van der Waals surface area contributed by atoms with Gasteiger partial charge in [0.1, 0.15) is 0 Å². The van der Waals surface area contributed by atoms with Crippen LogP contribution in [0.15, 0.2) is 18.2 Å². The third-order valence-electron chi connectivity index (χ3n) is 4.00. The van der Waals surface area contributed by atoms with E-state index in [2.05, 4.69) is 17.3 Å². The van der Waals surface area contributed by atoms with Crippen molar-refractivity contribution in [3.63, 3.8) is 0 Å². The van der Waals surface area contributed by atoms with Gasteiger partial charge in [0.2, 0.25) is 0 Å². The van der Waals surface area contributed by atoms with E-state index in [-0.39, 0.29) is 6.04 Å². The number of rotatable bonds is 4. The van der Waals surface area contributed by atoms with Crippen molar-refractivity contribution in [1.82, 2.24) is 10.2 Å². The van der Waals surface area contributed by atoms with Crippen molar-refractivity contribution in [2.24, 2.45) is 5.92 Å². The summed E-state index contributed by atoms with van der Waals surface area (Å²) >= 11 is 0. The smallest absolute Gasteiger partial charge is 0.163 e. The maximum absolute atomic E-state index is 13.6. The topological polar surface area (TPSA) is 15.3 Å². The van der Waals surface area contributed by atoms with Gasteiger partial charge in [-0.15, -0.1) is 0 Å². The van der Waals surface area contributed by atoms with Gasteiger partial charge < -0.3 is 10.2 Å². The molecular formula is C15H22F2N2. The second-order valence-electron chi connectivity index (χ2n) is 5.52. The first kappa shape index (κ1) is 14.4. The van der Waals surface area contributed by atoms with Gasteiger partial charge in [-0.05, 0) is 58.4 Å². The van der Waals surface area contributed by atoms with E-state index in [0.717, 1.165) is 25.7 Å². The zero-order valence-electron chi connectivity index (χ0n) is 11.6. The van der Waals surface area contributed by atoms with Crippen LogP contribution in [0.1, 0.15) is 31.4 Å². The van der Waals surface area contributed by atoms with Gasteiger partial charge in [0.15, 0.2) is 11.6 Å². The lowest BCUT2D eigenvalue weighted by Gasteiger charge is -2.30. The van der Waals surface area contributed by atoms with Crippen LogP contribution < -0.4 is 5.32 Å². The van der Waals surface area contributed by atoms with Crippen LogP contribution in [0.3, 0.4) is 0 Å². The van der Waals surface area contributed by atoms with Gasteiger partial charge >= 0.3 is 0 Å². The van der Waals surface area contributed by atoms with Gasteiger partial charge in [0.05, 0.1) is 0 Å². The molecule has 2 nitrogen and oxygen atoms in total. The number of benzene rings is 1. The van der Waals surface area contributed by atoms with E-state index in [1.54, 1.807) is 12.1 Å². The van der Waals surface area contributed by atoms with Crippen molar-refractivity contribution in [1.29, 1.82) is 0 Å². The predicted octanol–water partition coefficient (Wildman–Crippen LogP) is 2.96. The molecule has 4 heteroatoms. The molecule has 1 atom stereocenters. The minimum atomic E-state index is -0.773. The quantitative estimate of drug-likeness (QED) is 0.903. The lowest BCUT2D eigenvalue weighted by atomic mass is 9.96. The van der Waals surface area contributed by atoms with Crippen LogP contribution in [-0.2, 0) is 0 Å². The van der Waals surface area contributed by atoms with Crippen LogP contribution in [0.2, 0.25) is 0 Å². The van der Waals surface area contributed by atoms with Crippen LogP contribution in [-0.4, -0.2) is 31.6 Å². The molecule has 1 heterocycles. The van der Waals surface area contributed by atoms with E-state index in [9.17, 15) is 8.78 Å². The lowest BCUT2D eigenvalue weighted by Crippen LogP contribution is -2.35. The Bertz CT molecular complexity index is 415. The summed E-state index contributed by atoms with van der Waals surface area (Å²) in [6.45, 7) is 4.99. The van der Waals surface area contributed by atoms with Crippen molar-refractivity contribution in [2.75, 3.05) is 26.7 Å². The summed E-state index contributed by atoms with van der Waals surface area (Å²) in [6, 6.07) is 4.20. The molecule has 19 heavy (non-hydrogen) atoms. The molecule has 0 bridgehead atoms. The van der Waals surface area contributed by atoms with Crippen molar-refractivity contribution in [3.05, 3.63) is 35.4 Å². The largest absolute Gasteiger partial charge is 0.310 e. The van der Waals surface area contributed by atoms with Gasteiger partial charge in [-0.3, -0.25) is 0 Å². The Morgan fingerprint density at radius 2 is 2.00 bits per heavy atom. The van der Waals surface area contributed by atoms with Crippen LogP contribution >= 0.6 is 0 Å². The summed E-state index contributed by atoms with van der Waals surface area (Å²) in [6.07, 6.45) is 2.34. The highest BCUT2D eigenvalue weighted by molar-refractivity contribution is 5.21. The van der Waals surface area contributed by atoms with Gasteiger partial charge in [0.25, 0.3) is 0 Å². The molecule has 1 unspecified atom stereocenters. The zero-order chi connectivity index (χ0) is 13.8. The van der Waals surface area contributed by atoms with Gasteiger partial charge in [-0.1, -0.05) is 12.1 Å². The Balaban J connectivity index is 1.87. The fraction of sp³-hybridized carbons (Fsp3) is 0.600. The molecule has 0 amide bonds. The number of hydrogen-bond acceptors (Lipinski definition) is 2.